The molecule has 0 amide bonds. The molecule has 80 valence electrons. The highest BCUT2D eigenvalue weighted by atomic mass is 35.5. The van der Waals surface area contributed by atoms with Crippen molar-refractivity contribution in [1.29, 1.82) is 0 Å². The minimum Gasteiger partial charge on any atom is -0.469 e. The van der Waals surface area contributed by atoms with Gasteiger partial charge in [-0.25, -0.2) is 0 Å². The van der Waals surface area contributed by atoms with Crippen molar-refractivity contribution >= 4 is 29.2 Å². The van der Waals surface area contributed by atoms with Gasteiger partial charge in [0.05, 0.1) is 7.11 Å². The third-order valence-corrected chi connectivity index (χ3v) is 3.61. The summed E-state index contributed by atoms with van der Waals surface area (Å²) in [5.74, 6) is -0.962. The smallest absolute Gasteiger partial charge is 0.312 e. The number of ether oxygens (including phenoxy) is 1. The molecule has 0 aromatic heterocycles. The van der Waals surface area contributed by atoms with E-state index >= 15 is 0 Å². The monoisotopic (exact) mass is 244 g/mol. The summed E-state index contributed by atoms with van der Waals surface area (Å²) in [6, 6.07) is 9.51. The van der Waals surface area contributed by atoms with Gasteiger partial charge in [0.25, 0.3) is 0 Å². The van der Waals surface area contributed by atoms with Gasteiger partial charge in [-0.1, -0.05) is 53.5 Å². The van der Waals surface area contributed by atoms with E-state index in [1.165, 1.54) is 7.11 Å². The first kappa shape index (κ1) is 10.8. The van der Waals surface area contributed by atoms with Crippen molar-refractivity contribution in [2.24, 2.45) is 5.92 Å². The summed E-state index contributed by atoms with van der Waals surface area (Å²) >= 11 is 12.1. The maximum absolute atomic E-state index is 11.4. The maximum atomic E-state index is 11.4. The lowest BCUT2D eigenvalue weighted by Crippen LogP contribution is -2.07. The second kappa shape index (κ2) is 3.69. The van der Waals surface area contributed by atoms with E-state index in [0.29, 0.717) is 0 Å². The molecule has 1 saturated carbocycles. The molecule has 1 aromatic rings. The van der Waals surface area contributed by atoms with E-state index < -0.39 is 10.3 Å². The maximum Gasteiger partial charge on any atom is 0.312 e. The van der Waals surface area contributed by atoms with Crippen molar-refractivity contribution in [2.45, 2.75) is 10.3 Å². The average molecular weight is 245 g/mol. The molecule has 1 aliphatic carbocycles. The largest absolute Gasteiger partial charge is 0.469 e. The number of esters is 1. The highest BCUT2D eigenvalue weighted by molar-refractivity contribution is 6.53. The second-order valence-corrected chi connectivity index (χ2v) is 5.01. The number of halogens is 2. The van der Waals surface area contributed by atoms with Crippen molar-refractivity contribution in [3.63, 3.8) is 0 Å². The molecule has 0 N–H and O–H groups in total. The third kappa shape index (κ3) is 1.72. The molecule has 0 aliphatic heterocycles. The highest BCUT2D eigenvalue weighted by Crippen LogP contribution is 2.65. The van der Waals surface area contributed by atoms with Crippen LogP contribution in [0.4, 0.5) is 0 Å². The van der Waals surface area contributed by atoms with E-state index in [9.17, 15) is 4.79 Å². The fraction of sp³-hybridized carbons (Fsp3) is 0.364. The van der Waals surface area contributed by atoms with Gasteiger partial charge in [-0.15, -0.1) is 0 Å². The van der Waals surface area contributed by atoms with Crippen LogP contribution in [0, 0.1) is 5.92 Å². The van der Waals surface area contributed by atoms with Crippen LogP contribution in [0.15, 0.2) is 30.3 Å². The van der Waals surface area contributed by atoms with E-state index in [1.807, 2.05) is 30.3 Å². The van der Waals surface area contributed by atoms with Gasteiger partial charge in [-0.2, -0.15) is 0 Å². The molecule has 2 atom stereocenters. The molecule has 0 heterocycles. The topological polar surface area (TPSA) is 26.3 Å². The fourth-order valence-corrected chi connectivity index (χ4v) is 2.63. The van der Waals surface area contributed by atoms with Gasteiger partial charge >= 0.3 is 5.97 Å². The fourth-order valence-electron chi connectivity index (χ4n) is 1.82. The zero-order chi connectivity index (χ0) is 11.1. The van der Waals surface area contributed by atoms with Gasteiger partial charge in [0.2, 0.25) is 0 Å². The number of carbonyl (C=O) groups excluding carboxylic acids is 1. The predicted octanol–water partition coefficient (Wildman–Crippen LogP) is 2.75. The van der Waals surface area contributed by atoms with Crippen molar-refractivity contribution in [1.82, 2.24) is 0 Å². The van der Waals surface area contributed by atoms with Crippen molar-refractivity contribution in [3.05, 3.63) is 35.9 Å². The van der Waals surface area contributed by atoms with Crippen LogP contribution in [-0.4, -0.2) is 17.4 Å². The number of hydrogen-bond donors (Lipinski definition) is 0. The van der Waals surface area contributed by atoms with Gasteiger partial charge in [0.15, 0.2) is 0 Å². The molecule has 0 saturated heterocycles. The summed E-state index contributed by atoms with van der Waals surface area (Å²) in [5.41, 5.74) is 0.970. The lowest BCUT2D eigenvalue weighted by Gasteiger charge is -1.97. The lowest BCUT2D eigenvalue weighted by molar-refractivity contribution is -0.142. The Hall–Kier alpha value is -0.730. The summed E-state index contributed by atoms with van der Waals surface area (Å²) in [6.07, 6.45) is 0. The zero-order valence-electron chi connectivity index (χ0n) is 8.11. The standard InChI is InChI=1S/C11H10Cl2O2/c1-15-10(14)9-8(11(9,12)13)7-5-3-2-4-6-7/h2-6,8-9H,1H3/t8-,9+/m0/s1. The van der Waals surface area contributed by atoms with Crippen LogP contribution in [0.5, 0.6) is 0 Å². The molecule has 0 spiro atoms. The first-order valence-electron chi connectivity index (χ1n) is 4.59. The van der Waals surface area contributed by atoms with Crippen LogP contribution >= 0.6 is 23.2 Å². The van der Waals surface area contributed by atoms with E-state index in [0.717, 1.165) is 5.56 Å². The Morgan fingerprint density at radius 1 is 1.33 bits per heavy atom. The van der Waals surface area contributed by atoms with E-state index in [1.54, 1.807) is 0 Å². The number of rotatable bonds is 2. The predicted molar refractivity (Wildman–Crippen MR) is 59.1 cm³/mol. The van der Waals surface area contributed by atoms with Crippen molar-refractivity contribution in [3.8, 4) is 0 Å². The molecule has 1 aliphatic rings. The molecule has 4 heteroatoms. The van der Waals surface area contributed by atoms with Crippen molar-refractivity contribution < 1.29 is 9.53 Å². The van der Waals surface area contributed by atoms with Gasteiger partial charge < -0.3 is 4.74 Å². The average Bonchev–Trinajstić information content (AvgIpc) is 2.82. The van der Waals surface area contributed by atoms with E-state index in [2.05, 4.69) is 4.74 Å². The highest BCUT2D eigenvalue weighted by Gasteiger charge is 2.68. The number of alkyl halides is 2. The van der Waals surface area contributed by atoms with E-state index in [4.69, 9.17) is 23.2 Å². The number of hydrogen-bond acceptors (Lipinski definition) is 2. The lowest BCUT2D eigenvalue weighted by atomic mass is 10.1. The molecule has 1 fully saturated rings. The molecule has 0 radical (unpaired) electrons. The van der Waals surface area contributed by atoms with Crippen LogP contribution in [0.1, 0.15) is 11.5 Å². The minimum absolute atomic E-state index is 0.158. The number of carbonyl (C=O) groups is 1. The molecule has 2 nitrogen and oxygen atoms in total. The molecule has 0 unspecified atom stereocenters. The first-order valence-corrected chi connectivity index (χ1v) is 5.35. The minimum atomic E-state index is -1.02. The Labute approximate surface area is 98.1 Å². The van der Waals surface area contributed by atoms with Crippen LogP contribution in [0.3, 0.4) is 0 Å². The summed E-state index contributed by atoms with van der Waals surface area (Å²) in [4.78, 5) is 11.4. The Morgan fingerprint density at radius 2 is 1.93 bits per heavy atom. The molecule has 1 aromatic carbocycles. The molecule has 0 bridgehead atoms. The summed E-state index contributed by atoms with van der Waals surface area (Å²) in [6.45, 7) is 0. The Bertz CT molecular complexity index is 375. The normalized spacial score (nSPS) is 27.1. The van der Waals surface area contributed by atoms with Gasteiger partial charge in [0.1, 0.15) is 10.3 Å². The van der Waals surface area contributed by atoms with E-state index in [-0.39, 0.29) is 11.9 Å². The summed E-state index contributed by atoms with van der Waals surface area (Å²) in [5, 5.41) is 0. The molecular formula is C11H10Cl2O2. The Morgan fingerprint density at radius 3 is 2.47 bits per heavy atom. The number of benzene rings is 1. The molecule has 2 rings (SSSR count). The van der Waals surface area contributed by atoms with Crippen molar-refractivity contribution in [2.75, 3.05) is 7.11 Å². The van der Waals surface area contributed by atoms with Gasteiger partial charge in [-0.3, -0.25) is 4.79 Å². The van der Waals surface area contributed by atoms with Crippen LogP contribution < -0.4 is 0 Å². The summed E-state index contributed by atoms with van der Waals surface area (Å²) in [7, 11) is 1.34. The Kier molecular flexibility index (Phi) is 2.65. The van der Waals surface area contributed by atoms with Gasteiger partial charge in [-0.05, 0) is 5.56 Å². The Balaban J connectivity index is 2.23. The quantitative estimate of drug-likeness (QED) is 0.591. The summed E-state index contributed by atoms with van der Waals surface area (Å²) < 4.78 is 3.63. The number of methoxy groups -OCH3 is 1. The first-order chi connectivity index (χ1) is 7.09. The van der Waals surface area contributed by atoms with Gasteiger partial charge in [0, 0.05) is 5.92 Å². The second-order valence-electron chi connectivity index (χ2n) is 3.56. The SMILES string of the molecule is COC(=O)[C@H]1[C@H](c2ccccc2)C1(Cl)Cl. The molecule has 15 heavy (non-hydrogen) atoms. The van der Waals surface area contributed by atoms with Crippen LogP contribution in [0.25, 0.3) is 0 Å². The van der Waals surface area contributed by atoms with Crippen LogP contribution in [-0.2, 0) is 9.53 Å². The molecular weight excluding hydrogens is 235 g/mol. The van der Waals surface area contributed by atoms with Crippen LogP contribution in [0.2, 0.25) is 0 Å². The third-order valence-electron chi connectivity index (χ3n) is 2.67. The zero-order valence-corrected chi connectivity index (χ0v) is 9.63.